The van der Waals surface area contributed by atoms with Gasteiger partial charge in [0.25, 0.3) is 0 Å². The van der Waals surface area contributed by atoms with Gasteiger partial charge in [-0.15, -0.1) is 24.0 Å². The van der Waals surface area contributed by atoms with E-state index in [1.165, 1.54) is 11.1 Å². The summed E-state index contributed by atoms with van der Waals surface area (Å²) in [5.74, 6) is 1.65. The molecule has 118 valence electrons. The SMILES string of the molecule is CN=C(NCc1ccccc1)NCc1ccc(OC)cc1.I. The number of nitrogens with one attached hydrogen (secondary N) is 2. The number of ether oxygens (including phenoxy) is 1. The Hall–Kier alpha value is -1.76. The van der Waals surface area contributed by atoms with E-state index in [1.807, 2.05) is 42.5 Å². The monoisotopic (exact) mass is 411 g/mol. The molecule has 2 aromatic carbocycles. The molecule has 0 atom stereocenters. The van der Waals surface area contributed by atoms with Gasteiger partial charge in [0.2, 0.25) is 0 Å². The average molecular weight is 411 g/mol. The quantitative estimate of drug-likeness (QED) is 0.452. The van der Waals surface area contributed by atoms with Crippen LogP contribution < -0.4 is 15.4 Å². The lowest BCUT2D eigenvalue weighted by Gasteiger charge is -2.12. The summed E-state index contributed by atoms with van der Waals surface area (Å²) >= 11 is 0. The average Bonchev–Trinajstić information content (AvgIpc) is 2.56. The summed E-state index contributed by atoms with van der Waals surface area (Å²) in [5.41, 5.74) is 2.41. The molecule has 0 bridgehead atoms. The third-order valence-corrected chi connectivity index (χ3v) is 3.15. The number of hydrogen-bond donors (Lipinski definition) is 2. The fourth-order valence-corrected chi connectivity index (χ4v) is 1.93. The topological polar surface area (TPSA) is 45.7 Å². The summed E-state index contributed by atoms with van der Waals surface area (Å²) in [7, 11) is 3.44. The van der Waals surface area contributed by atoms with Crippen LogP contribution in [0.4, 0.5) is 0 Å². The van der Waals surface area contributed by atoms with Crippen LogP contribution in [-0.2, 0) is 13.1 Å². The molecular weight excluding hydrogens is 389 g/mol. The second-order valence-corrected chi connectivity index (χ2v) is 4.61. The predicted molar refractivity (Wildman–Crippen MR) is 102 cm³/mol. The van der Waals surface area contributed by atoms with E-state index < -0.39 is 0 Å². The Bertz CT molecular complexity index is 570. The Morgan fingerprint density at radius 1 is 0.909 bits per heavy atom. The zero-order valence-electron chi connectivity index (χ0n) is 12.9. The molecule has 22 heavy (non-hydrogen) atoms. The molecule has 0 heterocycles. The maximum absolute atomic E-state index is 5.15. The number of methoxy groups -OCH3 is 1. The smallest absolute Gasteiger partial charge is 0.191 e. The largest absolute Gasteiger partial charge is 0.497 e. The van der Waals surface area contributed by atoms with Crippen molar-refractivity contribution in [2.45, 2.75) is 13.1 Å². The highest BCUT2D eigenvalue weighted by Gasteiger charge is 1.99. The van der Waals surface area contributed by atoms with Crippen LogP contribution in [0.15, 0.2) is 59.6 Å². The van der Waals surface area contributed by atoms with Crippen LogP contribution in [0.5, 0.6) is 5.75 Å². The van der Waals surface area contributed by atoms with Crippen LogP contribution in [0.1, 0.15) is 11.1 Å². The molecule has 0 saturated heterocycles. The van der Waals surface area contributed by atoms with E-state index in [2.05, 4.69) is 27.8 Å². The number of rotatable bonds is 5. The van der Waals surface area contributed by atoms with Crippen molar-refractivity contribution in [3.8, 4) is 5.75 Å². The Morgan fingerprint density at radius 2 is 1.45 bits per heavy atom. The van der Waals surface area contributed by atoms with Crippen LogP contribution in [0.25, 0.3) is 0 Å². The molecule has 2 N–H and O–H groups in total. The first-order valence-electron chi connectivity index (χ1n) is 6.93. The Balaban J connectivity index is 0.00000242. The molecule has 0 radical (unpaired) electrons. The van der Waals surface area contributed by atoms with Crippen LogP contribution in [0.2, 0.25) is 0 Å². The molecule has 0 aliphatic rings. The number of benzene rings is 2. The maximum Gasteiger partial charge on any atom is 0.191 e. The molecule has 4 nitrogen and oxygen atoms in total. The number of nitrogens with zero attached hydrogens (tertiary/aromatic N) is 1. The highest BCUT2D eigenvalue weighted by Crippen LogP contribution is 2.10. The molecule has 0 aliphatic heterocycles. The van der Waals surface area contributed by atoms with Crippen LogP contribution in [0, 0.1) is 0 Å². The summed E-state index contributed by atoms with van der Waals surface area (Å²) in [6.45, 7) is 1.47. The first kappa shape index (κ1) is 18.3. The van der Waals surface area contributed by atoms with E-state index >= 15 is 0 Å². The predicted octanol–water partition coefficient (Wildman–Crippen LogP) is 3.18. The van der Waals surface area contributed by atoms with Gasteiger partial charge in [0, 0.05) is 20.1 Å². The maximum atomic E-state index is 5.15. The fraction of sp³-hybridized carbons (Fsp3) is 0.235. The van der Waals surface area contributed by atoms with Gasteiger partial charge in [0.05, 0.1) is 7.11 Å². The Kier molecular flexibility index (Phi) is 8.35. The zero-order valence-corrected chi connectivity index (χ0v) is 15.2. The van der Waals surface area contributed by atoms with Gasteiger partial charge in [0.15, 0.2) is 5.96 Å². The van der Waals surface area contributed by atoms with Gasteiger partial charge in [-0.2, -0.15) is 0 Å². The number of guanidine groups is 1. The van der Waals surface area contributed by atoms with Gasteiger partial charge in [-0.05, 0) is 23.3 Å². The number of hydrogen-bond acceptors (Lipinski definition) is 2. The van der Waals surface area contributed by atoms with E-state index in [-0.39, 0.29) is 24.0 Å². The van der Waals surface area contributed by atoms with E-state index in [4.69, 9.17) is 4.74 Å². The van der Waals surface area contributed by atoms with Crippen molar-refractivity contribution in [1.29, 1.82) is 0 Å². The molecule has 0 saturated carbocycles. The van der Waals surface area contributed by atoms with Crippen molar-refractivity contribution in [2.24, 2.45) is 4.99 Å². The van der Waals surface area contributed by atoms with Crippen LogP contribution in [-0.4, -0.2) is 20.1 Å². The molecule has 0 aliphatic carbocycles. The van der Waals surface area contributed by atoms with Crippen molar-refractivity contribution in [3.63, 3.8) is 0 Å². The van der Waals surface area contributed by atoms with Gasteiger partial charge >= 0.3 is 0 Å². The molecule has 0 amide bonds. The highest BCUT2D eigenvalue weighted by molar-refractivity contribution is 14.0. The van der Waals surface area contributed by atoms with Crippen LogP contribution >= 0.6 is 24.0 Å². The Labute approximate surface area is 149 Å². The van der Waals surface area contributed by atoms with Gasteiger partial charge < -0.3 is 15.4 Å². The van der Waals surface area contributed by atoms with Gasteiger partial charge in [-0.25, -0.2) is 0 Å². The summed E-state index contributed by atoms with van der Waals surface area (Å²) < 4.78 is 5.15. The number of halogens is 1. The first-order chi connectivity index (χ1) is 10.3. The lowest BCUT2D eigenvalue weighted by Crippen LogP contribution is -2.36. The lowest BCUT2D eigenvalue weighted by atomic mass is 10.2. The third-order valence-electron chi connectivity index (χ3n) is 3.15. The van der Waals surface area contributed by atoms with Crippen molar-refractivity contribution >= 4 is 29.9 Å². The number of aliphatic imine (C=N–C) groups is 1. The van der Waals surface area contributed by atoms with E-state index in [9.17, 15) is 0 Å². The minimum absolute atomic E-state index is 0. The lowest BCUT2D eigenvalue weighted by molar-refractivity contribution is 0.414. The molecule has 0 fully saturated rings. The minimum Gasteiger partial charge on any atom is -0.497 e. The third kappa shape index (κ3) is 5.93. The van der Waals surface area contributed by atoms with Gasteiger partial charge in [-0.1, -0.05) is 42.5 Å². The second-order valence-electron chi connectivity index (χ2n) is 4.61. The van der Waals surface area contributed by atoms with Crippen molar-refractivity contribution in [1.82, 2.24) is 10.6 Å². The van der Waals surface area contributed by atoms with Crippen molar-refractivity contribution in [2.75, 3.05) is 14.2 Å². The summed E-state index contributed by atoms with van der Waals surface area (Å²) in [6.07, 6.45) is 0. The summed E-state index contributed by atoms with van der Waals surface area (Å²) in [6, 6.07) is 18.2. The Morgan fingerprint density at radius 3 is 1.95 bits per heavy atom. The molecule has 2 rings (SSSR count). The van der Waals surface area contributed by atoms with E-state index in [1.54, 1.807) is 14.2 Å². The van der Waals surface area contributed by atoms with E-state index in [0.717, 1.165) is 24.8 Å². The fourth-order valence-electron chi connectivity index (χ4n) is 1.93. The minimum atomic E-state index is 0. The highest BCUT2D eigenvalue weighted by atomic mass is 127. The molecule has 0 aromatic heterocycles. The van der Waals surface area contributed by atoms with Gasteiger partial charge in [0.1, 0.15) is 5.75 Å². The van der Waals surface area contributed by atoms with Crippen LogP contribution in [0.3, 0.4) is 0 Å². The van der Waals surface area contributed by atoms with Crippen molar-refractivity contribution in [3.05, 3.63) is 65.7 Å². The van der Waals surface area contributed by atoms with Gasteiger partial charge in [-0.3, -0.25) is 4.99 Å². The van der Waals surface area contributed by atoms with Crippen molar-refractivity contribution < 1.29 is 4.74 Å². The molecule has 0 spiro atoms. The zero-order chi connectivity index (χ0) is 14.9. The molecule has 2 aromatic rings. The normalized spacial score (nSPS) is 10.5. The van der Waals surface area contributed by atoms with E-state index in [0.29, 0.717) is 0 Å². The second kappa shape index (κ2) is 10.0. The molecular formula is C17H22IN3O. The molecule has 5 heteroatoms. The first-order valence-corrected chi connectivity index (χ1v) is 6.93. The molecule has 0 unspecified atom stereocenters. The summed E-state index contributed by atoms with van der Waals surface area (Å²) in [5, 5.41) is 6.58. The summed E-state index contributed by atoms with van der Waals surface area (Å²) in [4.78, 5) is 4.22. The standard InChI is InChI=1S/C17H21N3O.HI/c1-18-17(19-12-14-6-4-3-5-7-14)20-13-15-8-10-16(21-2)11-9-15;/h3-11H,12-13H2,1-2H3,(H2,18,19,20);1H.